The molecule has 1 aliphatic rings. The number of nitrogens with zero attached hydrogens (tertiary/aromatic N) is 4. The van der Waals surface area contributed by atoms with Gasteiger partial charge in [0.2, 0.25) is 0 Å². The second-order valence-corrected chi connectivity index (χ2v) is 5.55. The van der Waals surface area contributed by atoms with Gasteiger partial charge in [-0.3, -0.25) is 13.9 Å². The molecule has 0 saturated carbocycles. The van der Waals surface area contributed by atoms with Gasteiger partial charge in [0, 0.05) is 52.0 Å². The van der Waals surface area contributed by atoms with Crippen LogP contribution in [0.25, 0.3) is 0 Å². The Hall–Kier alpha value is -2.50. The van der Waals surface area contributed by atoms with Crippen molar-refractivity contribution in [3.8, 4) is 0 Å². The summed E-state index contributed by atoms with van der Waals surface area (Å²) in [5.74, 6) is 0.695. The molecule has 0 radical (unpaired) electrons. The van der Waals surface area contributed by atoms with Crippen molar-refractivity contribution in [1.29, 1.82) is 0 Å². The van der Waals surface area contributed by atoms with Gasteiger partial charge in [0.15, 0.2) is 0 Å². The molecule has 2 aromatic rings. The summed E-state index contributed by atoms with van der Waals surface area (Å²) in [6.07, 6.45) is 0. The number of anilines is 2. The molecular formula is C16H20N4O2. The third kappa shape index (κ3) is 2.52. The summed E-state index contributed by atoms with van der Waals surface area (Å²) >= 11 is 0. The fourth-order valence-corrected chi connectivity index (χ4v) is 2.86. The van der Waals surface area contributed by atoms with Gasteiger partial charge in [-0.2, -0.15) is 0 Å². The Labute approximate surface area is 128 Å². The van der Waals surface area contributed by atoms with Crippen LogP contribution in [0.2, 0.25) is 0 Å². The van der Waals surface area contributed by atoms with Gasteiger partial charge in [-0.05, 0) is 12.1 Å². The van der Waals surface area contributed by atoms with Crippen LogP contribution in [0.5, 0.6) is 0 Å². The molecule has 0 atom stereocenters. The lowest BCUT2D eigenvalue weighted by Crippen LogP contribution is -2.49. The SMILES string of the molecule is Cn1c(N2CCN(c3ccccc3)CC2)cc(=O)n(C)c1=O. The fourth-order valence-electron chi connectivity index (χ4n) is 2.86. The molecule has 0 amide bonds. The first-order chi connectivity index (χ1) is 10.6. The summed E-state index contributed by atoms with van der Waals surface area (Å²) < 4.78 is 2.67. The van der Waals surface area contributed by atoms with Crippen molar-refractivity contribution in [3.63, 3.8) is 0 Å². The molecule has 1 saturated heterocycles. The summed E-state index contributed by atoms with van der Waals surface area (Å²) in [7, 11) is 3.21. The van der Waals surface area contributed by atoms with Gasteiger partial charge in [0.1, 0.15) is 5.82 Å². The van der Waals surface area contributed by atoms with Gasteiger partial charge in [0.05, 0.1) is 0 Å². The average molecular weight is 300 g/mol. The van der Waals surface area contributed by atoms with E-state index in [1.54, 1.807) is 17.7 Å². The second-order valence-electron chi connectivity index (χ2n) is 5.55. The van der Waals surface area contributed by atoms with E-state index in [9.17, 15) is 9.59 Å². The van der Waals surface area contributed by atoms with Crippen molar-refractivity contribution in [3.05, 3.63) is 57.2 Å². The first kappa shape index (κ1) is 14.4. The highest BCUT2D eigenvalue weighted by Gasteiger charge is 2.20. The molecule has 22 heavy (non-hydrogen) atoms. The van der Waals surface area contributed by atoms with Gasteiger partial charge < -0.3 is 9.80 Å². The van der Waals surface area contributed by atoms with E-state index < -0.39 is 0 Å². The first-order valence-corrected chi connectivity index (χ1v) is 7.40. The molecule has 6 heteroatoms. The topological polar surface area (TPSA) is 50.5 Å². The lowest BCUT2D eigenvalue weighted by Gasteiger charge is -2.37. The smallest absolute Gasteiger partial charge is 0.332 e. The van der Waals surface area contributed by atoms with E-state index in [2.05, 4.69) is 21.9 Å². The Bertz CT molecular complexity index is 771. The molecule has 116 valence electrons. The molecule has 1 fully saturated rings. The van der Waals surface area contributed by atoms with E-state index in [1.807, 2.05) is 18.2 Å². The van der Waals surface area contributed by atoms with Crippen LogP contribution in [0.3, 0.4) is 0 Å². The number of piperazine rings is 1. The predicted molar refractivity (Wildman–Crippen MR) is 87.8 cm³/mol. The van der Waals surface area contributed by atoms with Gasteiger partial charge in [-0.1, -0.05) is 18.2 Å². The third-order valence-corrected chi connectivity index (χ3v) is 4.23. The zero-order valence-corrected chi connectivity index (χ0v) is 12.9. The van der Waals surface area contributed by atoms with Crippen LogP contribution in [0.1, 0.15) is 0 Å². The molecule has 6 nitrogen and oxygen atoms in total. The van der Waals surface area contributed by atoms with Crippen molar-refractivity contribution in [2.24, 2.45) is 14.1 Å². The minimum Gasteiger partial charge on any atom is -0.368 e. The standard InChI is InChI=1S/C16H20N4O2/c1-17-14(12-15(21)18(2)16(17)22)20-10-8-19(9-11-20)13-6-4-3-5-7-13/h3-7,12H,8-11H2,1-2H3. The summed E-state index contributed by atoms with van der Waals surface area (Å²) in [5, 5.41) is 0. The Kier molecular flexibility index (Phi) is 3.75. The Balaban J connectivity index is 1.80. The fraction of sp³-hybridized carbons (Fsp3) is 0.375. The molecule has 0 N–H and O–H groups in total. The summed E-state index contributed by atoms with van der Waals surface area (Å²) in [4.78, 5) is 28.3. The largest absolute Gasteiger partial charge is 0.368 e. The Morgan fingerprint density at radius 3 is 2.05 bits per heavy atom. The summed E-state index contributed by atoms with van der Waals surface area (Å²) in [6.45, 7) is 3.31. The van der Waals surface area contributed by atoms with Crippen LogP contribution in [-0.4, -0.2) is 35.3 Å². The normalized spacial score (nSPS) is 15.2. The van der Waals surface area contributed by atoms with Crippen LogP contribution in [0, 0.1) is 0 Å². The quantitative estimate of drug-likeness (QED) is 0.806. The maximum absolute atomic E-state index is 12.0. The number of hydrogen-bond donors (Lipinski definition) is 0. The molecule has 1 aromatic heterocycles. The number of para-hydroxylation sites is 1. The minimum atomic E-state index is -0.284. The first-order valence-electron chi connectivity index (χ1n) is 7.40. The van der Waals surface area contributed by atoms with Crippen LogP contribution >= 0.6 is 0 Å². The lowest BCUT2D eigenvalue weighted by atomic mass is 10.2. The summed E-state index contributed by atoms with van der Waals surface area (Å²) in [6, 6.07) is 11.8. The van der Waals surface area contributed by atoms with Crippen molar-refractivity contribution in [1.82, 2.24) is 9.13 Å². The van der Waals surface area contributed by atoms with Crippen molar-refractivity contribution in [2.75, 3.05) is 36.0 Å². The van der Waals surface area contributed by atoms with Gasteiger partial charge >= 0.3 is 5.69 Å². The molecule has 0 aliphatic carbocycles. The van der Waals surface area contributed by atoms with E-state index in [-0.39, 0.29) is 11.2 Å². The maximum atomic E-state index is 12.0. The average Bonchev–Trinajstić information content (AvgIpc) is 2.57. The van der Waals surface area contributed by atoms with Crippen LogP contribution in [-0.2, 0) is 14.1 Å². The van der Waals surface area contributed by atoms with Crippen molar-refractivity contribution in [2.45, 2.75) is 0 Å². The zero-order chi connectivity index (χ0) is 15.7. The predicted octanol–water partition coefficient (Wildman–Crippen LogP) is 0.411. The van der Waals surface area contributed by atoms with E-state index >= 15 is 0 Å². The van der Waals surface area contributed by atoms with E-state index in [1.165, 1.54) is 12.7 Å². The van der Waals surface area contributed by atoms with E-state index in [0.717, 1.165) is 30.7 Å². The van der Waals surface area contributed by atoms with Crippen LogP contribution < -0.4 is 21.0 Å². The van der Waals surface area contributed by atoms with Gasteiger partial charge in [-0.25, -0.2) is 4.79 Å². The summed E-state index contributed by atoms with van der Waals surface area (Å²) in [5.41, 5.74) is 0.664. The maximum Gasteiger partial charge on any atom is 0.332 e. The molecular weight excluding hydrogens is 280 g/mol. The monoisotopic (exact) mass is 300 g/mol. The van der Waals surface area contributed by atoms with Crippen LogP contribution in [0.15, 0.2) is 46.0 Å². The molecule has 0 bridgehead atoms. The highest BCUT2D eigenvalue weighted by molar-refractivity contribution is 5.49. The van der Waals surface area contributed by atoms with E-state index in [4.69, 9.17) is 0 Å². The molecule has 0 spiro atoms. The highest BCUT2D eigenvalue weighted by atomic mass is 16.2. The molecule has 0 unspecified atom stereocenters. The Morgan fingerprint density at radius 1 is 0.818 bits per heavy atom. The van der Waals surface area contributed by atoms with Crippen LogP contribution in [0.4, 0.5) is 11.5 Å². The molecule has 1 aromatic carbocycles. The second kappa shape index (κ2) is 5.71. The van der Waals surface area contributed by atoms with Crippen molar-refractivity contribution >= 4 is 11.5 Å². The van der Waals surface area contributed by atoms with E-state index in [0.29, 0.717) is 5.82 Å². The van der Waals surface area contributed by atoms with Gasteiger partial charge in [0.25, 0.3) is 5.56 Å². The number of rotatable bonds is 2. The molecule has 3 rings (SSSR count). The lowest BCUT2D eigenvalue weighted by molar-refractivity contribution is 0.610. The highest BCUT2D eigenvalue weighted by Crippen LogP contribution is 2.18. The third-order valence-electron chi connectivity index (χ3n) is 4.23. The Morgan fingerprint density at radius 2 is 1.41 bits per heavy atom. The number of aromatic nitrogens is 2. The van der Waals surface area contributed by atoms with Gasteiger partial charge in [-0.15, -0.1) is 0 Å². The molecule has 1 aliphatic heterocycles. The number of hydrogen-bond acceptors (Lipinski definition) is 4. The molecule has 2 heterocycles. The van der Waals surface area contributed by atoms with Crippen molar-refractivity contribution < 1.29 is 0 Å². The minimum absolute atomic E-state index is 0.261. The number of benzene rings is 1. The zero-order valence-electron chi connectivity index (χ0n) is 12.9.